The summed E-state index contributed by atoms with van der Waals surface area (Å²) < 4.78 is 7.86. The van der Waals surface area contributed by atoms with E-state index in [2.05, 4.69) is 30.5 Å². The molecular weight excluding hydrogens is 476 g/mol. The molecule has 1 aromatic carbocycles. The minimum Gasteiger partial charge on any atom is -0.439 e. The molecule has 3 N–H and O–H groups in total. The third-order valence-electron chi connectivity index (χ3n) is 6.36. The van der Waals surface area contributed by atoms with Crippen LogP contribution < -0.4 is 20.7 Å². The predicted octanol–water partition coefficient (Wildman–Crippen LogP) is 3.86. The first-order chi connectivity index (χ1) is 17.5. The van der Waals surface area contributed by atoms with E-state index in [-0.39, 0.29) is 5.91 Å². The molecule has 1 aliphatic heterocycles. The number of ether oxygens (including phenoxy) is 1. The van der Waals surface area contributed by atoms with Crippen LogP contribution in [0.5, 0.6) is 11.6 Å². The second kappa shape index (κ2) is 10.4. The van der Waals surface area contributed by atoms with E-state index >= 15 is 0 Å². The average molecular weight is 505 g/mol. The molecule has 186 valence electrons. The molecule has 0 unspecified atom stereocenters. The van der Waals surface area contributed by atoms with Gasteiger partial charge >= 0.3 is 0 Å². The molecule has 1 atom stereocenters. The topological polar surface area (TPSA) is 124 Å². The summed E-state index contributed by atoms with van der Waals surface area (Å²) >= 11 is 1.39. The first-order valence-corrected chi connectivity index (χ1v) is 12.7. The molecule has 0 saturated carbocycles. The summed E-state index contributed by atoms with van der Waals surface area (Å²) in [5.74, 6) is 1.48. The Balaban J connectivity index is 1.46. The summed E-state index contributed by atoms with van der Waals surface area (Å²) in [5.41, 5.74) is 9.78. The highest BCUT2D eigenvalue weighted by Crippen LogP contribution is 2.40. The molecule has 10 nitrogen and oxygen atoms in total. The van der Waals surface area contributed by atoms with Crippen molar-refractivity contribution in [3.05, 3.63) is 59.5 Å². The van der Waals surface area contributed by atoms with Gasteiger partial charge in [0.25, 0.3) is 5.91 Å². The zero-order valence-corrected chi connectivity index (χ0v) is 21.0. The van der Waals surface area contributed by atoms with Crippen molar-refractivity contribution in [2.75, 3.05) is 29.9 Å². The Labute approximate surface area is 213 Å². The molecule has 0 radical (unpaired) electrons. The fourth-order valence-corrected chi connectivity index (χ4v) is 5.24. The summed E-state index contributed by atoms with van der Waals surface area (Å²) in [5, 5.41) is 17.4. The molecule has 1 aliphatic rings. The van der Waals surface area contributed by atoms with Crippen LogP contribution in [-0.2, 0) is 7.05 Å². The Morgan fingerprint density at radius 2 is 2.14 bits per heavy atom. The summed E-state index contributed by atoms with van der Waals surface area (Å²) in [6, 6.07) is 7.40. The fraction of sp³-hybridized carbons (Fsp3) is 0.320. The van der Waals surface area contributed by atoms with Crippen molar-refractivity contribution in [3.63, 3.8) is 0 Å². The highest BCUT2D eigenvalue weighted by Gasteiger charge is 2.25. The van der Waals surface area contributed by atoms with E-state index in [9.17, 15) is 4.79 Å². The van der Waals surface area contributed by atoms with Gasteiger partial charge in [0.1, 0.15) is 16.5 Å². The van der Waals surface area contributed by atoms with Gasteiger partial charge < -0.3 is 20.7 Å². The SMILES string of the molecule is Cc1c(Oc2ccnn2C)ccc(NC(=O)c2csc(-c3ccnnc3)n2)c1N1CCC[C@@H](CN)C1. The zero-order valence-electron chi connectivity index (χ0n) is 20.2. The molecule has 1 amide bonds. The summed E-state index contributed by atoms with van der Waals surface area (Å²) in [7, 11) is 1.83. The Kier molecular flexibility index (Phi) is 6.92. The van der Waals surface area contributed by atoms with E-state index in [1.165, 1.54) is 11.3 Å². The highest BCUT2D eigenvalue weighted by atomic mass is 32.1. The number of nitrogens with two attached hydrogens (primary N) is 1. The molecule has 0 spiro atoms. The van der Waals surface area contributed by atoms with Crippen LogP contribution in [0.4, 0.5) is 11.4 Å². The second-order valence-electron chi connectivity index (χ2n) is 8.79. The zero-order chi connectivity index (χ0) is 25.1. The van der Waals surface area contributed by atoms with Gasteiger partial charge in [0.2, 0.25) is 5.88 Å². The number of nitrogens with one attached hydrogen (secondary N) is 1. The number of benzene rings is 1. The van der Waals surface area contributed by atoms with Crippen molar-refractivity contribution in [2.45, 2.75) is 19.8 Å². The largest absolute Gasteiger partial charge is 0.439 e. The Morgan fingerprint density at radius 1 is 1.25 bits per heavy atom. The Hall–Kier alpha value is -3.83. The average Bonchev–Trinajstić information content (AvgIpc) is 3.56. The quantitative estimate of drug-likeness (QED) is 0.389. The highest BCUT2D eigenvalue weighted by molar-refractivity contribution is 7.13. The molecule has 36 heavy (non-hydrogen) atoms. The van der Waals surface area contributed by atoms with E-state index in [1.54, 1.807) is 28.7 Å². The van der Waals surface area contributed by atoms with Crippen LogP contribution in [0.15, 0.2) is 48.2 Å². The number of aromatic nitrogens is 5. The maximum atomic E-state index is 13.2. The lowest BCUT2D eigenvalue weighted by atomic mass is 9.96. The molecule has 1 saturated heterocycles. The van der Waals surface area contributed by atoms with Crippen LogP contribution in [-0.4, -0.2) is 50.5 Å². The van der Waals surface area contributed by atoms with Crippen molar-refractivity contribution < 1.29 is 9.53 Å². The molecular formula is C25H28N8O2S. The number of piperidine rings is 1. The lowest BCUT2D eigenvalue weighted by molar-refractivity contribution is 0.102. The van der Waals surface area contributed by atoms with Crippen molar-refractivity contribution in [1.82, 2.24) is 25.0 Å². The van der Waals surface area contributed by atoms with E-state index in [4.69, 9.17) is 10.5 Å². The minimum atomic E-state index is -0.271. The number of amides is 1. The fourth-order valence-electron chi connectivity index (χ4n) is 4.45. The van der Waals surface area contributed by atoms with E-state index in [0.29, 0.717) is 40.5 Å². The normalized spacial score (nSPS) is 15.6. The van der Waals surface area contributed by atoms with Crippen molar-refractivity contribution >= 4 is 28.6 Å². The van der Waals surface area contributed by atoms with Gasteiger partial charge in [-0.2, -0.15) is 15.3 Å². The molecule has 0 bridgehead atoms. The van der Waals surface area contributed by atoms with Crippen LogP contribution in [0.1, 0.15) is 28.9 Å². The third-order valence-corrected chi connectivity index (χ3v) is 7.25. The maximum absolute atomic E-state index is 13.2. The van der Waals surface area contributed by atoms with Crippen LogP contribution in [0.2, 0.25) is 0 Å². The number of carbonyl (C=O) groups excluding carboxylic acids is 1. The molecule has 5 rings (SSSR count). The van der Waals surface area contributed by atoms with Gasteiger partial charge in [0.05, 0.1) is 30.0 Å². The molecule has 1 fully saturated rings. The number of hydrogen-bond acceptors (Lipinski definition) is 9. The predicted molar refractivity (Wildman–Crippen MR) is 140 cm³/mol. The number of carbonyl (C=O) groups is 1. The molecule has 0 aliphatic carbocycles. The van der Waals surface area contributed by atoms with Crippen LogP contribution in [0, 0.1) is 12.8 Å². The Morgan fingerprint density at radius 3 is 2.89 bits per heavy atom. The van der Waals surface area contributed by atoms with Crippen LogP contribution >= 0.6 is 11.3 Å². The molecule has 11 heteroatoms. The standard InChI is InChI=1S/C25H28N8O2S/c1-16-21(35-22-8-10-29-32(22)2)6-5-19(23(16)33-11-3-4-17(12-26)14-33)30-24(34)20-15-36-25(31-20)18-7-9-27-28-13-18/h5-10,13,15,17H,3-4,11-12,14,26H2,1-2H3,(H,30,34)/t17-/m0/s1. The van der Waals surface area contributed by atoms with Gasteiger partial charge in [-0.1, -0.05) is 0 Å². The smallest absolute Gasteiger partial charge is 0.275 e. The van der Waals surface area contributed by atoms with Gasteiger partial charge in [0, 0.05) is 42.7 Å². The molecule has 4 heterocycles. The van der Waals surface area contributed by atoms with Gasteiger partial charge in [-0.15, -0.1) is 11.3 Å². The first-order valence-electron chi connectivity index (χ1n) is 11.8. The lowest BCUT2D eigenvalue weighted by Crippen LogP contribution is -2.39. The van der Waals surface area contributed by atoms with Crippen LogP contribution in [0.25, 0.3) is 10.6 Å². The number of thiazole rings is 1. The van der Waals surface area contributed by atoms with Gasteiger partial charge in [0.15, 0.2) is 0 Å². The maximum Gasteiger partial charge on any atom is 0.275 e. The van der Waals surface area contributed by atoms with E-state index < -0.39 is 0 Å². The Bertz CT molecular complexity index is 1350. The number of aryl methyl sites for hydroxylation is 1. The number of nitrogens with zero attached hydrogens (tertiary/aromatic N) is 6. The van der Waals surface area contributed by atoms with Gasteiger partial charge in [-0.25, -0.2) is 9.67 Å². The monoisotopic (exact) mass is 504 g/mol. The van der Waals surface area contributed by atoms with E-state index in [1.807, 2.05) is 38.2 Å². The summed E-state index contributed by atoms with van der Waals surface area (Å²) in [6.45, 7) is 4.35. The molecule has 3 aromatic heterocycles. The number of rotatable bonds is 7. The number of hydrogen-bond donors (Lipinski definition) is 2. The van der Waals surface area contributed by atoms with Gasteiger partial charge in [-0.3, -0.25) is 4.79 Å². The van der Waals surface area contributed by atoms with Crippen LogP contribution in [0.3, 0.4) is 0 Å². The van der Waals surface area contributed by atoms with Crippen molar-refractivity contribution in [3.8, 4) is 22.2 Å². The minimum absolute atomic E-state index is 0.271. The second-order valence-corrected chi connectivity index (χ2v) is 9.65. The van der Waals surface area contributed by atoms with Gasteiger partial charge in [-0.05, 0) is 50.4 Å². The first kappa shape index (κ1) is 23.9. The van der Waals surface area contributed by atoms with E-state index in [0.717, 1.165) is 42.7 Å². The van der Waals surface area contributed by atoms with Crippen molar-refractivity contribution in [1.29, 1.82) is 0 Å². The summed E-state index contributed by atoms with van der Waals surface area (Å²) in [4.78, 5) is 20.1. The third kappa shape index (κ3) is 4.93. The summed E-state index contributed by atoms with van der Waals surface area (Å²) in [6.07, 6.45) is 7.07. The number of anilines is 2. The lowest BCUT2D eigenvalue weighted by Gasteiger charge is -2.36. The molecule has 4 aromatic rings. The van der Waals surface area contributed by atoms with Crippen molar-refractivity contribution in [2.24, 2.45) is 18.7 Å².